The standard InChI is InChI=1S/C14H18N2/c1-9-4-7-12-15-13-10(2)5-6-11(3)14(13)16(12)8-9/h4,7-8,10-11H,5-6H2,1-3H3. The molecule has 3 rings (SSSR count). The lowest BCUT2D eigenvalue weighted by Crippen LogP contribution is -2.11. The van der Waals surface area contributed by atoms with E-state index in [9.17, 15) is 0 Å². The normalized spacial score (nSPS) is 24.7. The largest absolute Gasteiger partial charge is 0.303 e. The zero-order chi connectivity index (χ0) is 11.3. The van der Waals surface area contributed by atoms with Crippen molar-refractivity contribution in [3.8, 4) is 0 Å². The van der Waals surface area contributed by atoms with E-state index in [-0.39, 0.29) is 0 Å². The Balaban J connectivity index is 2.33. The fraction of sp³-hybridized carbons (Fsp3) is 0.500. The molecule has 0 saturated carbocycles. The van der Waals surface area contributed by atoms with E-state index in [0.29, 0.717) is 11.8 Å². The third-order valence-electron chi connectivity index (χ3n) is 3.80. The molecule has 1 aliphatic rings. The second kappa shape index (κ2) is 3.34. The van der Waals surface area contributed by atoms with E-state index in [2.05, 4.69) is 43.5 Å². The molecule has 1 aliphatic carbocycles. The Morgan fingerprint density at radius 2 is 1.94 bits per heavy atom. The molecule has 0 radical (unpaired) electrons. The zero-order valence-corrected chi connectivity index (χ0v) is 10.2. The van der Waals surface area contributed by atoms with Crippen LogP contribution in [0.15, 0.2) is 18.3 Å². The second-order valence-electron chi connectivity index (χ2n) is 5.20. The van der Waals surface area contributed by atoms with E-state index in [4.69, 9.17) is 4.98 Å². The molecule has 2 unspecified atom stereocenters. The van der Waals surface area contributed by atoms with Gasteiger partial charge in [0.05, 0.1) is 5.69 Å². The van der Waals surface area contributed by atoms with E-state index in [0.717, 1.165) is 5.65 Å². The Hall–Kier alpha value is -1.31. The van der Waals surface area contributed by atoms with Gasteiger partial charge in [-0.3, -0.25) is 0 Å². The van der Waals surface area contributed by atoms with Crippen molar-refractivity contribution >= 4 is 5.65 Å². The number of aromatic nitrogens is 2. The predicted octanol–water partition coefficient (Wildman–Crippen LogP) is 3.64. The molecule has 16 heavy (non-hydrogen) atoms. The number of pyridine rings is 1. The fourth-order valence-electron chi connectivity index (χ4n) is 2.81. The van der Waals surface area contributed by atoms with Crippen LogP contribution in [0.25, 0.3) is 5.65 Å². The molecule has 2 atom stereocenters. The average molecular weight is 214 g/mol. The van der Waals surface area contributed by atoms with Crippen LogP contribution in [0.5, 0.6) is 0 Å². The van der Waals surface area contributed by atoms with E-state index in [1.807, 2.05) is 0 Å². The molecule has 0 aromatic carbocycles. The van der Waals surface area contributed by atoms with E-state index < -0.39 is 0 Å². The van der Waals surface area contributed by atoms with Gasteiger partial charge >= 0.3 is 0 Å². The van der Waals surface area contributed by atoms with Gasteiger partial charge in [0, 0.05) is 17.8 Å². The van der Waals surface area contributed by atoms with Gasteiger partial charge in [0.2, 0.25) is 0 Å². The quantitative estimate of drug-likeness (QED) is 0.654. The third kappa shape index (κ3) is 1.29. The Morgan fingerprint density at radius 3 is 2.75 bits per heavy atom. The van der Waals surface area contributed by atoms with Crippen molar-refractivity contribution in [3.05, 3.63) is 35.3 Å². The van der Waals surface area contributed by atoms with Gasteiger partial charge in [-0.15, -0.1) is 0 Å². The summed E-state index contributed by atoms with van der Waals surface area (Å²) in [5, 5.41) is 0. The van der Waals surface area contributed by atoms with Gasteiger partial charge in [0.1, 0.15) is 5.65 Å². The zero-order valence-electron chi connectivity index (χ0n) is 10.2. The van der Waals surface area contributed by atoms with Gasteiger partial charge in [0.25, 0.3) is 0 Å². The highest BCUT2D eigenvalue weighted by atomic mass is 15.0. The molecule has 0 saturated heterocycles. The molecule has 2 aromatic rings. The van der Waals surface area contributed by atoms with Crippen molar-refractivity contribution in [2.75, 3.05) is 0 Å². The first-order valence-corrected chi connectivity index (χ1v) is 6.15. The summed E-state index contributed by atoms with van der Waals surface area (Å²) in [6.45, 7) is 6.76. The first-order chi connectivity index (χ1) is 7.66. The smallest absolute Gasteiger partial charge is 0.137 e. The molecule has 2 heteroatoms. The van der Waals surface area contributed by atoms with Crippen LogP contribution in [-0.4, -0.2) is 9.38 Å². The van der Waals surface area contributed by atoms with Gasteiger partial charge in [-0.25, -0.2) is 4.98 Å². The van der Waals surface area contributed by atoms with Crippen LogP contribution in [0.4, 0.5) is 0 Å². The summed E-state index contributed by atoms with van der Waals surface area (Å²) < 4.78 is 2.30. The van der Waals surface area contributed by atoms with Crippen molar-refractivity contribution < 1.29 is 0 Å². The van der Waals surface area contributed by atoms with E-state index in [1.54, 1.807) is 0 Å². The summed E-state index contributed by atoms with van der Waals surface area (Å²) in [4.78, 5) is 4.79. The molecule has 2 nitrogen and oxygen atoms in total. The summed E-state index contributed by atoms with van der Waals surface area (Å²) in [6.07, 6.45) is 4.78. The Labute approximate surface area is 96.3 Å². The highest BCUT2D eigenvalue weighted by Crippen LogP contribution is 2.38. The summed E-state index contributed by atoms with van der Waals surface area (Å²) in [5.41, 5.74) is 5.18. The Kier molecular flexibility index (Phi) is 2.06. The van der Waals surface area contributed by atoms with Crippen molar-refractivity contribution in [2.45, 2.75) is 45.4 Å². The summed E-state index contributed by atoms with van der Waals surface area (Å²) in [7, 11) is 0. The highest BCUT2D eigenvalue weighted by Gasteiger charge is 2.26. The van der Waals surface area contributed by atoms with Crippen LogP contribution < -0.4 is 0 Å². The molecular weight excluding hydrogens is 196 g/mol. The number of hydrogen-bond acceptors (Lipinski definition) is 1. The first kappa shape index (κ1) is 9.88. The topological polar surface area (TPSA) is 17.3 Å². The number of imidazole rings is 1. The van der Waals surface area contributed by atoms with Gasteiger partial charge < -0.3 is 4.40 Å². The minimum atomic E-state index is 0.617. The molecule has 0 spiro atoms. The maximum atomic E-state index is 4.79. The molecule has 2 aromatic heterocycles. The SMILES string of the molecule is Cc1ccc2nc3c(n2c1)C(C)CCC3C. The van der Waals surface area contributed by atoms with Gasteiger partial charge in [-0.2, -0.15) is 0 Å². The van der Waals surface area contributed by atoms with Crippen LogP contribution >= 0.6 is 0 Å². The van der Waals surface area contributed by atoms with Gasteiger partial charge in [-0.05, 0) is 37.3 Å². The molecule has 0 amide bonds. The van der Waals surface area contributed by atoms with Crippen molar-refractivity contribution in [1.82, 2.24) is 9.38 Å². The lowest BCUT2D eigenvalue weighted by Gasteiger charge is -2.23. The monoisotopic (exact) mass is 214 g/mol. The number of hydrogen-bond donors (Lipinski definition) is 0. The van der Waals surface area contributed by atoms with Crippen LogP contribution in [0.2, 0.25) is 0 Å². The summed E-state index contributed by atoms with van der Waals surface area (Å²) in [5.74, 6) is 1.26. The highest BCUT2D eigenvalue weighted by molar-refractivity contribution is 5.47. The first-order valence-electron chi connectivity index (χ1n) is 6.15. The third-order valence-corrected chi connectivity index (χ3v) is 3.80. The Bertz CT molecular complexity index is 539. The molecule has 0 bridgehead atoms. The second-order valence-corrected chi connectivity index (χ2v) is 5.20. The minimum absolute atomic E-state index is 0.617. The molecule has 2 heterocycles. The lowest BCUT2D eigenvalue weighted by molar-refractivity contribution is 0.508. The summed E-state index contributed by atoms with van der Waals surface area (Å²) in [6, 6.07) is 4.27. The van der Waals surface area contributed by atoms with Crippen molar-refractivity contribution in [1.29, 1.82) is 0 Å². The molecule has 84 valence electrons. The number of fused-ring (bicyclic) bond motifs is 3. The lowest BCUT2D eigenvalue weighted by atomic mass is 9.85. The Morgan fingerprint density at radius 1 is 1.19 bits per heavy atom. The molecular formula is C14H18N2. The maximum absolute atomic E-state index is 4.79. The predicted molar refractivity (Wildman–Crippen MR) is 66.0 cm³/mol. The minimum Gasteiger partial charge on any atom is -0.303 e. The maximum Gasteiger partial charge on any atom is 0.137 e. The van der Waals surface area contributed by atoms with Gasteiger partial charge in [0.15, 0.2) is 0 Å². The van der Waals surface area contributed by atoms with Crippen LogP contribution in [0.1, 0.15) is 55.5 Å². The average Bonchev–Trinajstić information content (AvgIpc) is 2.63. The fourth-order valence-corrected chi connectivity index (χ4v) is 2.81. The number of rotatable bonds is 0. The van der Waals surface area contributed by atoms with Crippen LogP contribution in [0, 0.1) is 6.92 Å². The number of aryl methyl sites for hydroxylation is 1. The van der Waals surface area contributed by atoms with E-state index in [1.165, 1.54) is 29.8 Å². The van der Waals surface area contributed by atoms with Crippen molar-refractivity contribution in [2.24, 2.45) is 0 Å². The van der Waals surface area contributed by atoms with Crippen LogP contribution in [0.3, 0.4) is 0 Å². The molecule has 0 N–H and O–H groups in total. The van der Waals surface area contributed by atoms with Crippen LogP contribution in [-0.2, 0) is 0 Å². The number of nitrogens with zero attached hydrogens (tertiary/aromatic N) is 2. The van der Waals surface area contributed by atoms with E-state index >= 15 is 0 Å². The molecule has 0 fully saturated rings. The van der Waals surface area contributed by atoms with Gasteiger partial charge in [-0.1, -0.05) is 19.9 Å². The molecule has 0 aliphatic heterocycles. The van der Waals surface area contributed by atoms with Crippen molar-refractivity contribution in [3.63, 3.8) is 0 Å². The summed E-state index contributed by atoms with van der Waals surface area (Å²) >= 11 is 0.